The first-order valence-corrected chi connectivity index (χ1v) is 7.22. The van der Waals surface area contributed by atoms with Gasteiger partial charge in [-0.1, -0.05) is 31.9 Å². The summed E-state index contributed by atoms with van der Waals surface area (Å²) in [6, 6.07) is 10.5. The third-order valence-corrected chi connectivity index (χ3v) is 4.12. The minimum atomic E-state index is 0.610. The summed E-state index contributed by atoms with van der Waals surface area (Å²) in [6.45, 7) is 2.16. The molecule has 3 nitrogen and oxygen atoms in total. The van der Waals surface area contributed by atoms with Crippen molar-refractivity contribution in [3.05, 3.63) is 41.6 Å². The van der Waals surface area contributed by atoms with Crippen LogP contribution in [0.25, 0.3) is 5.69 Å². The fraction of sp³-hybridized carbons (Fsp3) is 0.438. The average molecular weight is 255 g/mol. The van der Waals surface area contributed by atoms with Crippen molar-refractivity contribution in [3.63, 3.8) is 0 Å². The number of nitrogens with zero attached hydrogens (tertiary/aromatic N) is 2. The number of anilines is 1. The Labute approximate surface area is 114 Å². The van der Waals surface area contributed by atoms with Gasteiger partial charge in [0.05, 0.1) is 11.4 Å². The molecule has 0 aliphatic heterocycles. The van der Waals surface area contributed by atoms with Crippen LogP contribution in [0.2, 0.25) is 0 Å². The molecular weight excluding hydrogens is 234 g/mol. The van der Waals surface area contributed by atoms with Gasteiger partial charge in [0.15, 0.2) is 0 Å². The molecule has 1 heterocycles. The summed E-state index contributed by atoms with van der Waals surface area (Å²) in [6.07, 6.45) is 6.21. The number of benzene rings is 1. The van der Waals surface area contributed by atoms with Crippen LogP contribution in [-0.4, -0.2) is 9.78 Å². The monoisotopic (exact) mass is 255 g/mol. The normalized spacial score (nSPS) is 16.1. The molecule has 0 atom stereocenters. The Bertz CT molecular complexity index is 548. The summed E-state index contributed by atoms with van der Waals surface area (Å²) in [7, 11) is 0. The average Bonchev–Trinajstić information content (AvgIpc) is 3.08. The van der Waals surface area contributed by atoms with E-state index in [1.165, 1.54) is 31.2 Å². The van der Waals surface area contributed by atoms with E-state index in [1.807, 2.05) is 10.7 Å². The summed E-state index contributed by atoms with van der Waals surface area (Å²) >= 11 is 0. The molecule has 3 heteroatoms. The van der Waals surface area contributed by atoms with Crippen molar-refractivity contribution in [2.24, 2.45) is 0 Å². The van der Waals surface area contributed by atoms with Gasteiger partial charge in [0.1, 0.15) is 5.82 Å². The van der Waals surface area contributed by atoms with Gasteiger partial charge >= 0.3 is 0 Å². The lowest BCUT2D eigenvalue weighted by Crippen LogP contribution is -2.02. The Morgan fingerprint density at radius 1 is 1.21 bits per heavy atom. The van der Waals surface area contributed by atoms with Crippen LogP contribution in [0.3, 0.4) is 0 Å². The van der Waals surface area contributed by atoms with Crippen molar-refractivity contribution in [1.82, 2.24) is 9.78 Å². The van der Waals surface area contributed by atoms with Crippen LogP contribution >= 0.6 is 0 Å². The molecule has 100 valence electrons. The van der Waals surface area contributed by atoms with Crippen molar-refractivity contribution < 1.29 is 0 Å². The highest BCUT2D eigenvalue weighted by atomic mass is 15.3. The zero-order valence-corrected chi connectivity index (χ0v) is 11.5. The zero-order valence-electron chi connectivity index (χ0n) is 11.5. The predicted octanol–water partition coefficient (Wildman–Crippen LogP) is 3.67. The molecule has 1 aromatic heterocycles. The topological polar surface area (TPSA) is 43.8 Å². The lowest BCUT2D eigenvalue weighted by Gasteiger charge is -2.06. The molecule has 1 saturated carbocycles. The molecule has 1 aliphatic carbocycles. The van der Waals surface area contributed by atoms with E-state index in [4.69, 9.17) is 10.8 Å². The highest BCUT2D eigenvalue weighted by Crippen LogP contribution is 2.34. The summed E-state index contributed by atoms with van der Waals surface area (Å²) in [5.74, 6) is 1.35. The maximum absolute atomic E-state index is 6.11. The molecule has 1 aliphatic rings. The molecule has 19 heavy (non-hydrogen) atoms. The lowest BCUT2D eigenvalue weighted by molar-refractivity contribution is 0.679. The number of nitrogen functional groups attached to an aromatic ring is 1. The van der Waals surface area contributed by atoms with E-state index in [0.29, 0.717) is 5.92 Å². The molecule has 2 aromatic rings. The van der Waals surface area contributed by atoms with E-state index in [-0.39, 0.29) is 0 Å². The standard InChI is InChI=1S/C16H21N3/c1-2-12-7-9-14(10-8-12)19-16(17)11-15(18-19)13-5-3-4-6-13/h7-11,13H,2-6,17H2,1H3. The number of aromatic nitrogens is 2. The highest BCUT2D eigenvalue weighted by Gasteiger charge is 2.20. The summed E-state index contributed by atoms with van der Waals surface area (Å²) in [5, 5.41) is 4.71. The van der Waals surface area contributed by atoms with Crippen LogP contribution in [0.15, 0.2) is 30.3 Å². The Kier molecular flexibility index (Phi) is 3.28. The molecule has 0 saturated heterocycles. The molecule has 0 spiro atoms. The van der Waals surface area contributed by atoms with Crippen LogP contribution in [0.1, 0.15) is 49.8 Å². The van der Waals surface area contributed by atoms with Gasteiger partial charge in [-0.15, -0.1) is 0 Å². The predicted molar refractivity (Wildman–Crippen MR) is 78.6 cm³/mol. The van der Waals surface area contributed by atoms with Crippen LogP contribution in [0.4, 0.5) is 5.82 Å². The Morgan fingerprint density at radius 3 is 2.53 bits per heavy atom. The van der Waals surface area contributed by atoms with E-state index in [2.05, 4.69) is 31.2 Å². The molecule has 0 unspecified atom stereocenters. The van der Waals surface area contributed by atoms with Crippen molar-refractivity contribution in [3.8, 4) is 5.69 Å². The second-order valence-corrected chi connectivity index (χ2v) is 5.41. The van der Waals surface area contributed by atoms with Gasteiger partial charge < -0.3 is 5.73 Å². The van der Waals surface area contributed by atoms with E-state index in [0.717, 1.165) is 23.6 Å². The first-order chi connectivity index (χ1) is 9.28. The van der Waals surface area contributed by atoms with Crippen LogP contribution in [-0.2, 0) is 6.42 Å². The van der Waals surface area contributed by atoms with Crippen molar-refractivity contribution in [2.45, 2.75) is 44.9 Å². The zero-order chi connectivity index (χ0) is 13.2. The minimum Gasteiger partial charge on any atom is -0.384 e. The fourth-order valence-corrected chi connectivity index (χ4v) is 2.92. The largest absolute Gasteiger partial charge is 0.384 e. The van der Waals surface area contributed by atoms with Gasteiger partial charge in [0.2, 0.25) is 0 Å². The Morgan fingerprint density at radius 2 is 1.89 bits per heavy atom. The van der Waals surface area contributed by atoms with Crippen LogP contribution < -0.4 is 5.73 Å². The molecule has 0 bridgehead atoms. The molecular formula is C16H21N3. The molecule has 1 aromatic carbocycles. The maximum Gasteiger partial charge on any atom is 0.127 e. The molecule has 0 amide bonds. The smallest absolute Gasteiger partial charge is 0.127 e. The molecule has 2 N–H and O–H groups in total. The number of nitrogens with two attached hydrogens (primary N) is 1. The minimum absolute atomic E-state index is 0.610. The van der Waals surface area contributed by atoms with Crippen molar-refractivity contribution in [1.29, 1.82) is 0 Å². The number of rotatable bonds is 3. The summed E-state index contributed by atoms with van der Waals surface area (Å²) < 4.78 is 1.87. The molecule has 0 radical (unpaired) electrons. The molecule has 3 rings (SSSR count). The second kappa shape index (κ2) is 5.08. The highest BCUT2D eigenvalue weighted by molar-refractivity contribution is 5.44. The van der Waals surface area contributed by atoms with E-state index < -0.39 is 0 Å². The van der Waals surface area contributed by atoms with Gasteiger partial charge in [-0.2, -0.15) is 5.10 Å². The third kappa shape index (κ3) is 2.37. The van der Waals surface area contributed by atoms with E-state index in [1.54, 1.807) is 0 Å². The van der Waals surface area contributed by atoms with Crippen LogP contribution in [0, 0.1) is 0 Å². The van der Waals surface area contributed by atoms with Gasteiger partial charge in [-0.25, -0.2) is 4.68 Å². The Balaban J connectivity index is 1.90. The first-order valence-electron chi connectivity index (χ1n) is 7.22. The summed E-state index contributed by atoms with van der Waals surface area (Å²) in [4.78, 5) is 0. The van der Waals surface area contributed by atoms with Crippen molar-refractivity contribution in [2.75, 3.05) is 5.73 Å². The second-order valence-electron chi connectivity index (χ2n) is 5.41. The van der Waals surface area contributed by atoms with Gasteiger partial charge in [-0.3, -0.25) is 0 Å². The fourth-order valence-electron chi connectivity index (χ4n) is 2.92. The van der Waals surface area contributed by atoms with E-state index in [9.17, 15) is 0 Å². The van der Waals surface area contributed by atoms with Gasteiger partial charge in [0, 0.05) is 12.0 Å². The maximum atomic E-state index is 6.11. The van der Waals surface area contributed by atoms with Gasteiger partial charge in [0.25, 0.3) is 0 Å². The van der Waals surface area contributed by atoms with E-state index >= 15 is 0 Å². The Hall–Kier alpha value is -1.77. The first kappa shape index (κ1) is 12.3. The summed E-state index contributed by atoms with van der Waals surface area (Å²) in [5.41, 5.74) is 9.67. The van der Waals surface area contributed by atoms with Crippen molar-refractivity contribution >= 4 is 5.82 Å². The molecule has 1 fully saturated rings. The lowest BCUT2D eigenvalue weighted by atomic mass is 10.1. The third-order valence-electron chi connectivity index (χ3n) is 4.12. The SMILES string of the molecule is CCc1ccc(-n2nc(C3CCCC3)cc2N)cc1. The van der Waals surface area contributed by atoms with Gasteiger partial charge in [-0.05, 0) is 37.0 Å². The number of hydrogen-bond donors (Lipinski definition) is 1. The number of aryl methyl sites for hydroxylation is 1. The number of hydrogen-bond acceptors (Lipinski definition) is 2. The van der Waals surface area contributed by atoms with Crippen LogP contribution in [0.5, 0.6) is 0 Å². The quantitative estimate of drug-likeness (QED) is 0.909.